The van der Waals surface area contributed by atoms with Gasteiger partial charge in [0, 0.05) is 30.8 Å². The minimum atomic E-state index is -0.996. The van der Waals surface area contributed by atoms with Crippen LogP contribution in [-0.4, -0.2) is 124 Å². The van der Waals surface area contributed by atoms with Gasteiger partial charge in [-0.05, 0) is 113 Å². The first-order valence-corrected chi connectivity index (χ1v) is 20.8. The summed E-state index contributed by atoms with van der Waals surface area (Å²) in [4.78, 5) is 11.9. The Hall–Kier alpha value is -1.23. The van der Waals surface area contributed by atoms with Crippen LogP contribution in [0.4, 0.5) is 0 Å². The van der Waals surface area contributed by atoms with E-state index in [1.807, 2.05) is 6.92 Å². The highest BCUT2D eigenvalue weighted by atomic mass is 16.7. The lowest BCUT2D eigenvalue weighted by atomic mass is 9.43. The Kier molecular flexibility index (Phi) is 10.9. The van der Waals surface area contributed by atoms with Crippen molar-refractivity contribution in [3.8, 4) is 0 Å². The van der Waals surface area contributed by atoms with Crippen LogP contribution in [0, 0.1) is 34.5 Å². The Balaban J connectivity index is 0.826. The molecule has 20 atom stereocenters. The van der Waals surface area contributed by atoms with Crippen molar-refractivity contribution in [2.45, 2.75) is 197 Å². The van der Waals surface area contributed by atoms with Gasteiger partial charge < -0.3 is 58.7 Å². The first kappa shape index (κ1) is 39.6. The molecule has 4 aliphatic carbocycles. The van der Waals surface area contributed by atoms with Crippen molar-refractivity contribution in [3.63, 3.8) is 0 Å². The van der Waals surface area contributed by atoms with E-state index in [1.165, 1.54) is 0 Å². The van der Waals surface area contributed by atoms with Crippen LogP contribution in [0.1, 0.15) is 112 Å². The SMILES string of the molecule is C[C@H]1O[C@@H](O[C@H]2[C@@H](O)C[C@H](O[C@H]3[C@@H](O)C[C@H](O[C@H]4CC[C@@]5(C)[C@H](CC[C@H]6[C@H]5CC[C@]5(C)[C@@H](C7=CC(=O)OC7)CC[C@]65O)C4)O[C@@H]3C)O[C@@H]2C)C[C@H](O)[C@@H]1O. The lowest BCUT2D eigenvalue weighted by Crippen LogP contribution is -2.62. The normalized spacial score (nSPS) is 55.0. The summed E-state index contributed by atoms with van der Waals surface area (Å²) < 4.78 is 42.2. The van der Waals surface area contributed by atoms with Gasteiger partial charge in [0.1, 0.15) is 24.9 Å². The molecule has 0 aromatic heterocycles. The van der Waals surface area contributed by atoms with Crippen molar-refractivity contribution < 1.29 is 63.5 Å². The van der Waals surface area contributed by atoms with Crippen LogP contribution in [0.25, 0.3) is 0 Å². The number of esters is 1. The average Bonchev–Trinajstić information content (AvgIpc) is 3.66. The molecule has 0 spiro atoms. The van der Waals surface area contributed by atoms with Gasteiger partial charge in [0.15, 0.2) is 18.9 Å². The number of carbonyl (C=O) groups excluding carboxylic acids is 1. The highest BCUT2D eigenvalue weighted by Gasteiger charge is 2.68. The van der Waals surface area contributed by atoms with E-state index in [0.717, 1.165) is 63.4 Å². The molecule has 13 nitrogen and oxygen atoms in total. The second-order valence-electron chi connectivity index (χ2n) is 18.7. The number of hydrogen-bond acceptors (Lipinski definition) is 13. The maximum absolute atomic E-state index is 12.6. The van der Waals surface area contributed by atoms with Crippen molar-refractivity contribution in [1.29, 1.82) is 0 Å². The predicted octanol–water partition coefficient (Wildman–Crippen LogP) is 3.25. The Labute approximate surface area is 319 Å². The van der Waals surface area contributed by atoms with Gasteiger partial charge in [0.2, 0.25) is 0 Å². The lowest BCUT2D eigenvalue weighted by Gasteiger charge is -2.64. The third-order valence-corrected chi connectivity index (χ3v) is 15.9. The van der Waals surface area contributed by atoms with Gasteiger partial charge in [-0.3, -0.25) is 0 Å². The highest BCUT2D eigenvalue weighted by molar-refractivity contribution is 5.85. The summed E-state index contributed by atoms with van der Waals surface area (Å²) in [6.45, 7) is 10.4. The molecular formula is C41H64O13. The maximum atomic E-state index is 12.6. The fourth-order valence-corrected chi connectivity index (χ4v) is 12.8. The van der Waals surface area contributed by atoms with Gasteiger partial charge in [-0.1, -0.05) is 13.8 Å². The maximum Gasteiger partial charge on any atom is 0.331 e. The van der Waals surface area contributed by atoms with Crippen LogP contribution in [0.15, 0.2) is 11.6 Å². The molecule has 7 fully saturated rings. The molecule has 0 aromatic rings. The number of aliphatic hydroxyl groups excluding tert-OH is 4. The Bertz CT molecular complexity index is 1370. The fraction of sp³-hybridized carbons (Fsp3) is 0.927. The second kappa shape index (κ2) is 14.9. The molecule has 3 saturated heterocycles. The number of aliphatic hydroxyl groups is 5. The quantitative estimate of drug-likeness (QED) is 0.188. The Morgan fingerprint density at radius 1 is 0.685 bits per heavy atom. The Morgan fingerprint density at radius 3 is 1.89 bits per heavy atom. The van der Waals surface area contributed by atoms with Crippen LogP contribution in [0.3, 0.4) is 0 Å². The first-order valence-electron chi connectivity index (χ1n) is 20.8. The molecule has 0 bridgehead atoms. The van der Waals surface area contributed by atoms with E-state index in [1.54, 1.807) is 19.9 Å². The summed E-state index contributed by atoms with van der Waals surface area (Å²) in [6.07, 6.45) is 1.90. The zero-order chi connectivity index (χ0) is 38.3. The standard InChI is InChI=1S/C41H64O13/c1-20-36(46)29(42)16-34(49-20)53-38-22(3)51-35(18-31(38)44)54-37-21(2)50-33(17-30(37)43)52-25-8-11-39(4)24(15-25)6-7-28-27(39)9-12-40(5)26(10-13-41(28,40)47)23-14-32(45)48-19-23/h14,20-22,24-31,33-38,42-44,46-47H,6-13,15-19H2,1-5H3/t20-,21-,22-,24-,25+,26-,27-,28+,29+,30+,31+,33+,34+,35+,36-,37-,38-,39+,40-,41+/m1/s1. The first-order chi connectivity index (χ1) is 25.6. The van der Waals surface area contributed by atoms with Gasteiger partial charge in [0.05, 0.1) is 48.3 Å². The van der Waals surface area contributed by atoms with Crippen molar-refractivity contribution >= 4 is 5.97 Å². The summed E-state index contributed by atoms with van der Waals surface area (Å²) >= 11 is 0. The molecule has 306 valence electrons. The largest absolute Gasteiger partial charge is 0.458 e. The molecule has 4 heterocycles. The van der Waals surface area contributed by atoms with Gasteiger partial charge >= 0.3 is 5.97 Å². The smallest absolute Gasteiger partial charge is 0.331 e. The van der Waals surface area contributed by atoms with Gasteiger partial charge in [-0.25, -0.2) is 4.79 Å². The van der Waals surface area contributed by atoms with Crippen LogP contribution in [0.5, 0.6) is 0 Å². The van der Waals surface area contributed by atoms with Gasteiger partial charge in [0.25, 0.3) is 0 Å². The van der Waals surface area contributed by atoms with Gasteiger partial charge in [-0.15, -0.1) is 0 Å². The molecule has 54 heavy (non-hydrogen) atoms. The summed E-state index contributed by atoms with van der Waals surface area (Å²) in [5.74, 6) is 1.13. The van der Waals surface area contributed by atoms with Crippen LogP contribution in [-0.2, 0) is 38.0 Å². The van der Waals surface area contributed by atoms with Crippen molar-refractivity contribution in [2.75, 3.05) is 6.61 Å². The second-order valence-corrected chi connectivity index (χ2v) is 18.7. The van der Waals surface area contributed by atoms with E-state index in [-0.39, 0.29) is 54.0 Å². The number of carbonyl (C=O) groups is 1. The van der Waals surface area contributed by atoms with E-state index in [0.29, 0.717) is 18.4 Å². The zero-order valence-corrected chi connectivity index (χ0v) is 32.6. The number of hydrogen-bond donors (Lipinski definition) is 5. The number of fused-ring (bicyclic) bond motifs is 5. The van der Waals surface area contributed by atoms with Crippen LogP contribution < -0.4 is 0 Å². The summed E-state index contributed by atoms with van der Waals surface area (Å²) in [5.41, 5.74) is 0.215. The fourth-order valence-electron chi connectivity index (χ4n) is 12.8. The average molecular weight is 765 g/mol. The molecule has 0 amide bonds. The monoisotopic (exact) mass is 764 g/mol. The Morgan fingerprint density at radius 2 is 1.30 bits per heavy atom. The van der Waals surface area contributed by atoms with E-state index < -0.39 is 79.4 Å². The predicted molar refractivity (Wildman–Crippen MR) is 191 cm³/mol. The molecule has 0 aromatic carbocycles. The van der Waals surface area contributed by atoms with Crippen molar-refractivity contribution in [2.24, 2.45) is 34.5 Å². The summed E-state index contributed by atoms with van der Waals surface area (Å²) in [7, 11) is 0. The molecule has 8 rings (SSSR count). The molecule has 0 radical (unpaired) electrons. The van der Waals surface area contributed by atoms with Crippen LogP contribution in [0.2, 0.25) is 0 Å². The topological polar surface area (TPSA) is 183 Å². The van der Waals surface area contributed by atoms with Crippen molar-refractivity contribution in [3.05, 3.63) is 11.6 Å². The van der Waals surface area contributed by atoms with Crippen molar-refractivity contribution in [1.82, 2.24) is 0 Å². The minimum absolute atomic E-state index is 0.0243. The van der Waals surface area contributed by atoms with E-state index in [9.17, 15) is 30.3 Å². The van der Waals surface area contributed by atoms with Crippen LogP contribution >= 0.6 is 0 Å². The molecular weight excluding hydrogens is 700 g/mol. The summed E-state index contributed by atoms with van der Waals surface area (Å²) in [6, 6.07) is 0. The molecule has 4 aliphatic heterocycles. The third kappa shape index (κ3) is 6.82. The van der Waals surface area contributed by atoms with E-state index >= 15 is 0 Å². The third-order valence-electron chi connectivity index (χ3n) is 15.9. The zero-order valence-electron chi connectivity index (χ0n) is 32.6. The minimum Gasteiger partial charge on any atom is -0.458 e. The lowest BCUT2D eigenvalue weighted by molar-refractivity contribution is -0.336. The van der Waals surface area contributed by atoms with Gasteiger partial charge in [-0.2, -0.15) is 0 Å². The van der Waals surface area contributed by atoms with E-state index in [2.05, 4.69) is 13.8 Å². The molecule has 5 N–H and O–H groups in total. The van der Waals surface area contributed by atoms with E-state index in [4.69, 9.17) is 33.2 Å². The summed E-state index contributed by atoms with van der Waals surface area (Å²) in [5, 5.41) is 55.0. The number of ether oxygens (including phenoxy) is 7. The molecule has 8 aliphatic rings. The molecule has 4 saturated carbocycles. The highest BCUT2D eigenvalue weighted by Crippen LogP contribution is 2.70. The molecule has 13 heteroatoms. The number of cyclic esters (lactones) is 1. The molecule has 0 unspecified atom stereocenters. The number of rotatable bonds is 7.